The van der Waals surface area contributed by atoms with Gasteiger partial charge in [-0.2, -0.15) is 5.10 Å². The number of rotatable bonds is 5. The average Bonchev–Trinajstić information content (AvgIpc) is 3.24. The van der Waals surface area contributed by atoms with Crippen LogP contribution >= 0.6 is 0 Å². The fourth-order valence-corrected chi connectivity index (χ4v) is 2.62. The number of aliphatic hydroxyl groups excluding tert-OH is 1. The molecule has 0 bridgehead atoms. The van der Waals surface area contributed by atoms with Crippen LogP contribution in [0.25, 0.3) is 5.69 Å². The van der Waals surface area contributed by atoms with Gasteiger partial charge in [0.2, 0.25) is 0 Å². The Labute approximate surface area is 135 Å². The topological polar surface area (TPSA) is 79.2 Å². The van der Waals surface area contributed by atoms with Crippen LogP contribution < -0.4 is 10.6 Å². The van der Waals surface area contributed by atoms with Gasteiger partial charge in [0.15, 0.2) is 0 Å². The van der Waals surface area contributed by atoms with Crippen molar-refractivity contribution in [3.63, 3.8) is 0 Å². The van der Waals surface area contributed by atoms with Crippen LogP contribution in [0.3, 0.4) is 0 Å². The number of aromatic nitrogens is 2. The number of anilines is 1. The van der Waals surface area contributed by atoms with Gasteiger partial charge in [-0.25, -0.2) is 9.48 Å². The van der Waals surface area contributed by atoms with Crippen LogP contribution in [0.5, 0.6) is 0 Å². The minimum atomic E-state index is -0.254. The monoisotopic (exact) mass is 314 g/mol. The predicted octanol–water partition coefficient (Wildman–Crippen LogP) is 2.38. The van der Waals surface area contributed by atoms with Gasteiger partial charge in [0.25, 0.3) is 0 Å². The number of nitrogens with zero attached hydrogens (tertiary/aromatic N) is 2. The molecule has 2 amide bonds. The number of carbonyl (C=O) groups excluding carboxylic acids is 1. The van der Waals surface area contributed by atoms with Crippen LogP contribution in [0.15, 0.2) is 30.3 Å². The number of hydrogen-bond donors (Lipinski definition) is 3. The smallest absolute Gasteiger partial charge is 0.319 e. The van der Waals surface area contributed by atoms with Crippen LogP contribution in [-0.2, 0) is 0 Å². The standard InChI is InChI=1S/C17H22N4O2/c1-12-8-13(2)21(20-12)15-5-3-4-14(9-15)19-16(23)18-10-17(11-22)6-7-17/h3-5,8-9,22H,6-7,10-11H2,1-2H3,(H2,18,19,23). The van der Waals surface area contributed by atoms with Crippen molar-refractivity contribution >= 4 is 11.7 Å². The van der Waals surface area contributed by atoms with E-state index in [1.165, 1.54) is 0 Å². The molecule has 1 aromatic heterocycles. The van der Waals surface area contributed by atoms with Crippen LogP contribution in [0.1, 0.15) is 24.2 Å². The molecule has 6 nitrogen and oxygen atoms in total. The molecular formula is C17H22N4O2. The fourth-order valence-electron chi connectivity index (χ4n) is 2.62. The Balaban J connectivity index is 1.65. The van der Waals surface area contributed by atoms with E-state index < -0.39 is 0 Å². The van der Waals surface area contributed by atoms with E-state index in [0.29, 0.717) is 12.2 Å². The summed E-state index contributed by atoms with van der Waals surface area (Å²) in [6.07, 6.45) is 1.94. The van der Waals surface area contributed by atoms with E-state index in [9.17, 15) is 9.90 Å². The van der Waals surface area contributed by atoms with E-state index >= 15 is 0 Å². The van der Waals surface area contributed by atoms with Gasteiger partial charge < -0.3 is 15.7 Å². The summed E-state index contributed by atoms with van der Waals surface area (Å²) in [5.74, 6) is 0. The molecule has 1 saturated carbocycles. The highest BCUT2D eigenvalue weighted by molar-refractivity contribution is 5.89. The second-order valence-corrected chi connectivity index (χ2v) is 6.36. The number of nitrogens with one attached hydrogen (secondary N) is 2. The van der Waals surface area contributed by atoms with E-state index in [-0.39, 0.29) is 18.1 Å². The summed E-state index contributed by atoms with van der Waals surface area (Å²) in [4.78, 5) is 12.0. The zero-order valence-corrected chi connectivity index (χ0v) is 13.5. The van der Waals surface area contributed by atoms with Gasteiger partial charge in [-0.15, -0.1) is 0 Å². The summed E-state index contributed by atoms with van der Waals surface area (Å²) >= 11 is 0. The molecule has 0 atom stereocenters. The van der Waals surface area contributed by atoms with E-state index in [1.54, 1.807) is 0 Å². The van der Waals surface area contributed by atoms with Crippen molar-refractivity contribution in [3.05, 3.63) is 41.7 Å². The van der Waals surface area contributed by atoms with E-state index in [2.05, 4.69) is 15.7 Å². The second-order valence-electron chi connectivity index (χ2n) is 6.36. The third kappa shape index (κ3) is 3.53. The van der Waals surface area contributed by atoms with Crippen LogP contribution in [0.4, 0.5) is 10.5 Å². The summed E-state index contributed by atoms with van der Waals surface area (Å²) in [6, 6.07) is 9.32. The number of aryl methyl sites for hydroxylation is 2. The molecule has 0 saturated heterocycles. The van der Waals surface area contributed by atoms with Gasteiger partial charge in [-0.3, -0.25) is 0 Å². The van der Waals surface area contributed by atoms with Gasteiger partial charge in [0.1, 0.15) is 0 Å². The van der Waals surface area contributed by atoms with Crippen molar-refractivity contribution in [2.24, 2.45) is 5.41 Å². The lowest BCUT2D eigenvalue weighted by atomic mass is 10.1. The number of amides is 2. The molecule has 0 unspecified atom stereocenters. The number of benzene rings is 1. The maximum Gasteiger partial charge on any atom is 0.319 e. The highest BCUT2D eigenvalue weighted by Gasteiger charge is 2.42. The molecule has 1 heterocycles. The molecule has 0 radical (unpaired) electrons. The zero-order valence-electron chi connectivity index (χ0n) is 13.5. The number of carbonyl (C=O) groups is 1. The van der Waals surface area contributed by atoms with Gasteiger partial charge in [0.05, 0.1) is 18.0 Å². The Hall–Kier alpha value is -2.34. The Bertz CT molecular complexity index is 719. The molecule has 3 N–H and O–H groups in total. The molecule has 2 aromatic rings. The Morgan fingerprint density at radius 1 is 1.35 bits per heavy atom. The van der Waals surface area contributed by atoms with Gasteiger partial charge in [-0.1, -0.05) is 6.07 Å². The van der Waals surface area contributed by atoms with Gasteiger partial charge in [-0.05, 0) is 51.0 Å². The maximum absolute atomic E-state index is 12.0. The average molecular weight is 314 g/mol. The zero-order chi connectivity index (χ0) is 16.4. The molecule has 0 spiro atoms. The lowest BCUT2D eigenvalue weighted by Crippen LogP contribution is -2.35. The van der Waals surface area contributed by atoms with Crippen molar-refractivity contribution < 1.29 is 9.90 Å². The molecule has 1 fully saturated rings. The van der Waals surface area contributed by atoms with E-state index in [4.69, 9.17) is 0 Å². The molecule has 122 valence electrons. The SMILES string of the molecule is Cc1cc(C)n(-c2cccc(NC(=O)NCC3(CO)CC3)c2)n1. The van der Waals surface area contributed by atoms with Crippen LogP contribution in [-0.4, -0.2) is 34.1 Å². The summed E-state index contributed by atoms with van der Waals surface area (Å²) in [5.41, 5.74) is 3.52. The Kier molecular flexibility index (Phi) is 4.09. The third-order valence-electron chi connectivity index (χ3n) is 4.27. The molecule has 1 aromatic carbocycles. The quantitative estimate of drug-likeness (QED) is 0.793. The third-order valence-corrected chi connectivity index (χ3v) is 4.27. The molecular weight excluding hydrogens is 292 g/mol. The van der Waals surface area contributed by atoms with Crippen molar-refractivity contribution in [1.82, 2.24) is 15.1 Å². The van der Waals surface area contributed by atoms with Crippen molar-refractivity contribution in [2.45, 2.75) is 26.7 Å². The van der Waals surface area contributed by atoms with E-state index in [1.807, 2.05) is 48.9 Å². The molecule has 1 aliphatic rings. The van der Waals surface area contributed by atoms with Crippen molar-refractivity contribution in [1.29, 1.82) is 0 Å². The molecule has 0 aliphatic heterocycles. The summed E-state index contributed by atoms with van der Waals surface area (Å²) < 4.78 is 1.85. The highest BCUT2D eigenvalue weighted by atomic mass is 16.3. The van der Waals surface area contributed by atoms with Crippen molar-refractivity contribution in [3.8, 4) is 5.69 Å². The number of aliphatic hydroxyl groups is 1. The molecule has 23 heavy (non-hydrogen) atoms. The van der Waals surface area contributed by atoms with Gasteiger partial charge in [0, 0.05) is 23.3 Å². The maximum atomic E-state index is 12.0. The molecule has 3 rings (SSSR count). The summed E-state index contributed by atoms with van der Waals surface area (Å²) in [5, 5.41) is 19.4. The Morgan fingerprint density at radius 3 is 2.74 bits per heavy atom. The minimum Gasteiger partial charge on any atom is -0.396 e. The van der Waals surface area contributed by atoms with Crippen LogP contribution in [0.2, 0.25) is 0 Å². The highest BCUT2D eigenvalue weighted by Crippen LogP contribution is 2.44. The molecule has 6 heteroatoms. The summed E-state index contributed by atoms with van der Waals surface area (Å²) in [6.45, 7) is 4.58. The lowest BCUT2D eigenvalue weighted by Gasteiger charge is -2.14. The lowest BCUT2D eigenvalue weighted by molar-refractivity contribution is 0.206. The second kappa shape index (κ2) is 6.04. The fraction of sp³-hybridized carbons (Fsp3) is 0.412. The number of hydrogen-bond acceptors (Lipinski definition) is 3. The number of urea groups is 1. The summed E-state index contributed by atoms with van der Waals surface area (Å²) in [7, 11) is 0. The minimum absolute atomic E-state index is 0.0944. The van der Waals surface area contributed by atoms with E-state index in [0.717, 1.165) is 29.9 Å². The molecule has 1 aliphatic carbocycles. The first-order valence-electron chi connectivity index (χ1n) is 7.81. The largest absolute Gasteiger partial charge is 0.396 e. The first kappa shape index (κ1) is 15.6. The normalized spacial score (nSPS) is 15.3. The van der Waals surface area contributed by atoms with Gasteiger partial charge >= 0.3 is 6.03 Å². The van der Waals surface area contributed by atoms with Crippen LogP contribution in [0, 0.1) is 19.3 Å². The first-order valence-corrected chi connectivity index (χ1v) is 7.81. The predicted molar refractivity (Wildman–Crippen MR) is 88.8 cm³/mol. The van der Waals surface area contributed by atoms with Crippen molar-refractivity contribution in [2.75, 3.05) is 18.5 Å². The first-order chi connectivity index (χ1) is 11.0. The Morgan fingerprint density at radius 2 is 2.13 bits per heavy atom.